The molecular formula is C22H26N4O2S3. The Morgan fingerprint density at radius 3 is 2.68 bits per heavy atom. The Morgan fingerprint density at radius 2 is 1.87 bits per heavy atom. The van der Waals surface area contributed by atoms with Crippen LogP contribution in [0.5, 0.6) is 0 Å². The molecule has 2 aliphatic rings. The third-order valence-electron chi connectivity index (χ3n) is 5.93. The summed E-state index contributed by atoms with van der Waals surface area (Å²) in [6.07, 6.45) is 5.53. The van der Waals surface area contributed by atoms with E-state index in [2.05, 4.69) is 17.0 Å². The molecule has 0 atom stereocenters. The highest BCUT2D eigenvalue weighted by Crippen LogP contribution is 2.41. The van der Waals surface area contributed by atoms with Crippen molar-refractivity contribution in [3.63, 3.8) is 0 Å². The van der Waals surface area contributed by atoms with Crippen molar-refractivity contribution >= 4 is 49.2 Å². The molecule has 0 N–H and O–H groups in total. The van der Waals surface area contributed by atoms with E-state index >= 15 is 0 Å². The van der Waals surface area contributed by atoms with Crippen molar-refractivity contribution < 1.29 is 8.42 Å². The monoisotopic (exact) mass is 474 g/mol. The zero-order valence-corrected chi connectivity index (χ0v) is 20.0. The second kappa shape index (κ2) is 8.69. The van der Waals surface area contributed by atoms with E-state index in [0.29, 0.717) is 19.6 Å². The summed E-state index contributed by atoms with van der Waals surface area (Å²) < 4.78 is 25.7. The molecule has 3 heterocycles. The fourth-order valence-electron chi connectivity index (χ4n) is 4.41. The Morgan fingerprint density at radius 1 is 1.03 bits per heavy atom. The van der Waals surface area contributed by atoms with Crippen LogP contribution in [0.15, 0.2) is 35.2 Å². The first kappa shape index (κ1) is 21.2. The van der Waals surface area contributed by atoms with Gasteiger partial charge in [-0.15, -0.1) is 23.1 Å². The molecule has 164 valence electrons. The van der Waals surface area contributed by atoms with Crippen molar-refractivity contribution in [2.45, 2.75) is 36.3 Å². The molecule has 31 heavy (non-hydrogen) atoms. The number of thioether (sulfide) groups is 1. The van der Waals surface area contributed by atoms with Gasteiger partial charge in [0.25, 0.3) is 0 Å². The Kier molecular flexibility index (Phi) is 5.94. The summed E-state index contributed by atoms with van der Waals surface area (Å²) in [7, 11) is -3.17. The zero-order chi connectivity index (χ0) is 21.4. The first-order chi connectivity index (χ1) is 15.0. The van der Waals surface area contributed by atoms with Crippen LogP contribution in [-0.4, -0.2) is 55.1 Å². The Bertz CT molecular complexity index is 1190. The van der Waals surface area contributed by atoms with Crippen molar-refractivity contribution in [3.05, 3.63) is 46.6 Å². The molecule has 0 saturated carbocycles. The van der Waals surface area contributed by atoms with Crippen LogP contribution in [0.1, 0.15) is 29.1 Å². The first-order valence-electron chi connectivity index (χ1n) is 10.7. The van der Waals surface area contributed by atoms with Crippen LogP contribution in [0, 0.1) is 0 Å². The SMILES string of the molecule is CS(=O)(=O)N1CCCN(c2nc(CSc3ccccc3)nc3sc4c(c23)CCC4)CC1. The normalized spacial score (nSPS) is 17.8. The Labute approximate surface area is 191 Å². The van der Waals surface area contributed by atoms with Gasteiger partial charge in [0.05, 0.1) is 17.4 Å². The van der Waals surface area contributed by atoms with Crippen molar-refractivity contribution in [1.29, 1.82) is 0 Å². The summed E-state index contributed by atoms with van der Waals surface area (Å²) in [6, 6.07) is 10.3. The van der Waals surface area contributed by atoms with Crippen LogP contribution in [0.3, 0.4) is 0 Å². The second-order valence-corrected chi connectivity index (χ2v) is 12.2. The molecule has 0 amide bonds. The number of hydrogen-bond acceptors (Lipinski definition) is 7. The molecule has 6 nitrogen and oxygen atoms in total. The highest BCUT2D eigenvalue weighted by atomic mass is 32.2. The topological polar surface area (TPSA) is 66.4 Å². The number of aryl methyl sites for hydroxylation is 2. The molecule has 0 spiro atoms. The lowest BCUT2D eigenvalue weighted by Crippen LogP contribution is -2.34. The summed E-state index contributed by atoms with van der Waals surface area (Å²) >= 11 is 3.57. The molecule has 1 aliphatic carbocycles. The minimum Gasteiger partial charge on any atom is -0.355 e. The van der Waals surface area contributed by atoms with E-state index in [1.54, 1.807) is 16.1 Å². The van der Waals surface area contributed by atoms with Crippen molar-refractivity contribution in [2.75, 3.05) is 37.3 Å². The first-order valence-corrected chi connectivity index (χ1v) is 14.3. The van der Waals surface area contributed by atoms with Gasteiger partial charge >= 0.3 is 0 Å². The summed E-state index contributed by atoms with van der Waals surface area (Å²) in [5.41, 5.74) is 1.42. The number of aromatic nitrogens is 2. The lowest BCUT2D eigenvalue weighted by molar-refractivity contribution is 0.437. The third-order valence-corrected chi connectivity index (χ3v) is 9.42. The van der Waals surface area contributed by atoms with Crippen LogP contribution < -0.4 is 4.90 Å². The van der Waals surface area contributed by atoms with Gasteiger partial charge in [-0.3, -0.25) is 0 Å². The number of benzene rings is 1. The molecule has 2 aromatic heterocycles. The van der Waals surface area contributed by atoms with E-state index in [0.717, 1.165) is 48.0 Å². The maximum atomic E-state index is 12.1. The molecule has 1 aromatic carbocycles. The highest BCUT2D eigenvalue weighted by Gasteiger charge is 2.27. The average Bonchev–Trinajstić information content (AvgIpc) is 3.23. The predicted octanol–water partition coefficient (Wildman–Crippen LogP) is 3.94. The van der Waals surface area contributed by atoms with Gasteiger partial charge in [0, 0.05) is 36.0 Å². The standard InChI is InChI=1S/C22H26N4O2S3/c1-31(27,28)26-12-6-11-25(13-14-26)21-20-17-9-5-10-18(17)30-22(20)24-19(23-21)15-29-16-7-3-2-4-8-16/h2-4,7-8H,5-6,9-15H2,1H3. The molecule has 3 aromatic rings. The van der Waals surface area contributed by atoms with Gasteiger partial charge < -0.3 is 4.90 Å². The van der Waals surface area contributed by atoms with Crippen LogP contribution in [0.2, 0.25) is 0 Å². The number of anilines is 1. The molecule has 1 aliphatic heterocycles. The maximum Gasteiger partial charge on any atom is 0.211 e. The highest BCUT2D eigenvalue weighted by molar-refractivity contribution is 7.98. The molecule has 9 heteroatoms. The second-order valence-electron chi connectivity index (χ2n) is 8.11. The molecular weight excluding hydrogens is 448 g/mol. The zero-order valence-electron chi connectivity index (χ0n) is 17.6. The summed E-state index contributed by atoms with van der Waals surface area (Å²) in [5.74, 6) is 2.57. The van der Waals surface area contributed by atoms with E-state index < -0.39 is 10.0 Å². The van der Waals surface area contributed by atoms with Gasteiger partial charge in [0.1, 0.15) is 16.5 Å². The number of thiophene rings is 1. The van der Waals surface area contributed by atoms with Crippen LogP contribution >= 0.6 is 23.1 Å². The van der Waals surface area contributed by atoms with Crippen LogP contribution in [-0.2, 0) is 28.6 Å². The quantitative estimate of drug-likeness (QED) is 0.522. The molecule has 0 bridgehead atoms. The Hall–Kier alpha value is -1.68. The van der Waals surface area contributed by atoms with Crippen LogP contribution in [0.4, 0.5) is 5.82 Å². The fourth-order valence-corrected chi connectivity index (χ4v) is 7.34. The van der Waals surface area contributed by atoms with Gasteiger partial charge in [0.15, 0.2) is 0 Å². The van der Waals surface area contributed by atoms with E-state index in [1.165, 1.54) is 33.4 Å². The number of hydrogen-bond donors (Lipinski definition) is 0. The minimum absolute atomic E-state index is 0.505. The number of rotatable bonds is 5. The number of nitrogens with zero attached hydrogens (tertiary/aromatic N) is 4. The lowest BCUT2D eigenvalue weighted by atomic mass is 10.1. The van der Waals surface area contributed by atoms with Gasteiger partial charge in [-0.05, 0) is 43.4 Å². The number of sulfonamides is 1. The van der Waals surface area contributed by atoms with Crippen molar-refractivity contribution in [1.82, 2.24) is 14.3 Å². The lowest BCUT2D eigenvalue weighted by Gasteiger charge is -2.23. The maximum absolute atomic E-state index is 12.1. The van der Waals surface area contributed by atoms with E-state index in [-0.39, 0.29) is 0 Å². The van der Waals surface area contributed by atoms with Gasteiger partial charge in [-0.1, -0.05) is 18.2 Å². The Balaban J connectivity index is 1.49. The molecule has 0 unspecified atom stereocenters. The fraction of sp³-hybridized carbons (Fsp3) is 0.455. The predicted molar refractivity (Wildman–Crippen MR) is 129 cm³/mol. The molecule has 1 saturated heterocycles. The van der Waals surface area contributed by atoms with Gasteiger partial charge in [0.2, 0.25) is 10.0 Å². The van der Waals surface area contributed by atoms with E-state index in [9.17, 15) is 8.42 Å². The van der Waals surface area contributed by atoms with Gasteiger partial charge in [-0.25, -0.2) is 22.7 Å². The minimum atomic E-state index is -3.17. The third kappa shape index (κ3) is 4.46. The van der Waals surface area contributed by atoms with Crippen LogP contribution in [0.25, 0.3) is 10.2 Å². The molecule has 0 radical (unpaired) electrons. The molecule has 1 fully saturated rings. The smallest absolute Gasteiger partial charge is 0.211 e. The average molecular weight is 475 g/mol. The van der Waals surface area contributed by atoms with E-state index in [4.69, 9.17) is 9.97 Å². The van der Waals surface area contributed by atoms with Crippen molar-refractivity contribution in [3.8, 4) is 0 Å². The summed E-state index contributed by atoms with van der Waals surface area (Å²) in [4.78, 5) is 16.0. The summed E-state index contributed by atoms with van der Waals surface area (Å²) in [5, 5.41) is 1.21. The van der Waals surface area contributed by atoms with Gasteiger partial charge in [-0.2, -0.15) is 0 Å². The molecule has 5 rings (SSSR count). The van der Waals surface area contributed by atoms with E-state index in [1.807, 2.05) is 29.5 Å². The van der Waals surface area contributed by atoms with Crippen molar-refractivity contribution in [2.24, 2.45) is 0 Å². The number of fused-ring (bicyclic) bond motifs is 3. The summed E-state index contributed by atoms with van der Waals surface area (Å²) in [6.45, 7) is 2.55. The largest absolute Gasteiger partial charge is 0.355 e.